The van der Waals surface area contributed by atoms with Gasteiger partial charge in [0.15, 0.2) is 14.6 Å². The maximum absolute atomic E-state index is 11.8. The van der Waals surface area contributed by atoms with Crippen LogP contribution in [0.4, 0.5) is 0 Å². The first-order chi connectivity index (χ1) is 7.36. The third-order valence-electron chi connectivity index (χ3n) is 2.56. The van der Waals surface area contributed by atoms with E-state index in [2.05, 4.69) is 9.97 Å². The molecule has 0 saturated heterocycles. The molecule has 1 heterocycles. The van der Waals surface area contributed by atoms with Gasteiger partial charge in [0.1, 0.15) is 6.33 Å². The number of primary amides is 1. The van der Waals surface area contributed by atoms with Gasteiger partial charge in [0, 0.05) is 24.2 Å². The Labute approximate surface area is 93.8 Å². The topological polar surface area (TPSA) is 103 Å². The zero-order chi connectivity index (χ0) is 12.4. The molecule has 1 amide bonds. The lowest BCUT2D eigenvalue weighted by molar-refractivity contribution is -0.120. The predicted octanol–water partition coefficient (Wildman–Crippen LogP) is -0.388. The van der Waals surface area contributed by atoms with Crippen molar-refractivity contribution in [1.82, 2.24) is 9.97 Å². The van der Waals surface area contributed by atoms with Crippen LogP contribution in [0.2, 0.25) is 0 Å². The van der Waals surface area contributed by atoms with Gasteiger partial charge in [0.2, 0.25) is 5.91 Å². The Bertz CT molecular complexity index is 486. The van der Waals surface area contributed by atoms with Crippen molar-refractivity contribution in [3.8, 4) is 0 Å². The van der Waals surface area contributed by atoms with E-state index in [1.54, 1.807) is 6.92 Å². The minimum Gasteiger partial charge on any atom is -0.368 e. The number of amides is 1. The second-order valence-electron chi connectivity index (χ2n) is 3.44. The summed E-state index contributed by atoms with van der Waals surface area (Å²) < 4.78 is 21.8. The maximum Gasteiger partial charge on any atom is 0.243 e. The van der Waals surface area contributed by atoms with Crippen LogP contribution in [0.25, 0.3) is 0 Å². The van der Waals surface area contributed by atoms with Crippen molar-refractivity contribution < 1.29 is 13.2 Å². The molecule has 0 fully saturated rings. The second-order valence-corrected chi connectivity index (χ2v) is 5.69. The molecule has 0 aliphatic heterocycles. The zero-order valence-electron chi connectivity index (χ0n) is 9.04. The van der Waals surface area contributed by atoms with Gasteiger partial charge in [-0.05, 0) is 6.42 Å². The van der Waals surface area contributed by atoms with E-state index >= 15 is 0 Å². The number of nitrogens with two attached hydrogens (primary N) is 1. The number of nitrogens with zero attached hydrogens (tertiary/aromatic N) is 2. The summed E-state index contributed by atoms with van der Waals surface area (Å²) in [4.78, 5) is 18.9. The van der Waals surface area contributed by atoms with Crippen LogP contribution >= 0.6 is 0 Å². The van der Waals surface area contributed by atoms with Crippen LogP contribution in [0.15, 0.2) is 18.7 Å². The van der Waals surface area contributed by atoms with Gasteiger partial charge in [-0.2, -0.15) is 0 Å². The summed E-state index contributed by atoms with van der Waals surface area (Å²) in [6, 6.07) is 0. The molecule has 7 heteroatoms. The number of sulfone groups is 1. The van der Waals surface area contributed by atoms with Gasteiger partial charge in [-0.25, -0.2) is 18.4 Å². The number of aromatic nitrogens is 2. The number of hydrogen-bond acceptors (Lipinski definition) is 5. The first-order valence-corrected chi connectivity index (χ1v) is 6.50. The summed E-state index contributed by atoms with van der Waals surface area (Å²) in [6.45, 7) is 1.58. The average molecular weight is 243 g/mol. The van der Waals surface area contributed by atoms with E-state index in [0.29, 0.717) is 0 Å². The Hall–Kier alpha value is -1.50. The van der Waals surface area contributed by atoms with E-state index in [0.717, 1.165) is 6.26 Å². The highest BCUT2D eigenvalue weighted by atomic mass is 32.2. The van der Waals surface area contributed by atoms with Gasteiger partial charge < -0.3 is 5.73 Å². The third-order valence-corrected chi connectivity index (χ3v) is 4.55. The molecule has 16 heavy (non-hydrogen) atoms. The predicted molar refractivity (Wildman–Crippen MR) is 58.0 cm³/mol. The molecule has 0 aliphatic rings. The summed E-state index contributed by atoms with van der Waals surface area (Å²) in [7, 11) is -3.68. The van der Waals surface area contributed by atoms with Crippen LogP contribution in [0.3, 0.4) is 0 Å². The molecule has 1 unspecified atom stereocenters. The molecule has 1 atom stereocenters. The minimum atomic E-state index is -3.68. The Morgan fingerprint density at radius 3 is 2.25 bits per heavy atom. The fourth-order valence-electron chi connectivity index (χ4n) is 1.69. The normalized spacial score (nSPS) is 15.4. The molecule has 2 N–H and O–H groups in total. The number of hydrogen-bond donors (Lipinski definition) is 1. The van der Waals surface area contributed by atoms with E-state index in [-0.39, 0.29) is 12.0 Å². The van der Waals surface area contributed by atoms with Crippen molar-refractivity contribution >= 4 is 15.7 Å². The Morgan fingerprint density at radius 2 is 1.94 bits per heavy atom. The first kappa shape index (κ1) is 12.6. The monoisotopic (exact) mass is 243 g/mol. The summed E-state index contributed by atoms with van der Waals surface area (Å²) in [5.74, 6) is -0.910. The molecule has 0 aromatic carbocycles. The van der Waals surface area contributed by atoms with Gasteiger partial charge >= 0.3 is 0 Å². The van der Waals surface area contributed by atoms with Crippen LogP contribution < -0.4 is 5.73 Å². The Kier molecular flexibility index (Phi) is 3.27. The van der Waals surface area contributed by atoms with Gasteiger partial charge in [-0.1, -0.05) is 6.92 Å². The minimum absolute atomic E-state index is 0.0501. The summed E-state index contributed by atoms with van der Waals surface area (Å²) in [5.41, 5.74) is 5.43. The van der Waals surface area contributed by atoms with Crippen LogP contribution in [-0.2, 0) is 19.4 Å². The van der Waals surface area contributed by atoms with E-state index in [1.807, 2.05) is 0 Å². The third kappa shape index (κ3) is 1.78. The van der Waals surface area contributed by atoms with Gasteiger partial charge in [0.05, 0.1) is 0 Å². The smallest absolute Gasteiger partial charge is 0.243 e. The molecule has 1 aromatic rings. The second kappa shape index (κ2) is 4.17. The van der Waals surface area contributed by atoms with Crippen molar-refractivity contribution in [2.24, 2.45) is 5.73 Å². The molecular weight excluding hydrogens is 230 g/mol. The molecule has 0 spiro atoms. The largest absolute Gasteiger partial charge is 0.368 e. The highest BCUT2D eigenvalue weighted by molar-refractivity contribution is 7.92. The number of rotatable bonds is 4. The number of carbonyl (C=O) groups excluding carboxylic acids is 1. The highest BCUT2D eigenvalue weighted by Crippen LogP contribution is 2.32. The highest BCUT2D eigenvalue weighted by Gasteiger charge is 2.47. The van der Waals surface area contributed by atoms with Crippen LogP contribution in [0.1, 0.15) is 18.9 Å². The van der Waals surface area contributed by atoms with Crippen molar-refractivity contribution in [2.75, 3.05) is 6.26 Å². The molecule has 88 valence electrons. The summed E-state index contributed by atoms with van der Waals surface area (Å²) in [6.07, 6.45) is 4.88. The molecule has 0 bridgehead atoms. The van der Waals surface area contributed by atoms with Crippen LogP contribution in [0, 0.1) is 0 Å². The molecule has 0 saturated carbocycles. The molecule has 1 aromatic heterocycles. The standard InChI is InChI=1S/C9H13N3O3S/c1-3-9(8(10)13,16(2,14)15)7-4-11-6-12-5-7/h4-6H,3H2,1-2H3,(H2,10,13). The fraction of sp³-hybridized carbons (Fsp3) is 0.444. The molecule has 0 aliphatic carbocycles. The van der Waals surface area contributed by atoms with E-state index in [9.17, 15) is 13.2 Å². The zero-order valence-corrected chi connectivity index (χ0v) is 9.86. The summed E-state index contributed by atoms with van der Waals surface area (Å²) >= 11 is 0. The van der Waals surface area contributed by atoms with E-state index in [4.69, 9.17) is 5.73 Å². The van der Waals surface area contributed by atoms with Gasteiger partial charge in [0.25, 0.3) is 0 Å². The molecular formula is C9H13N3O3S. The van der Waals surface area contributed by atoms with Gasteiger partial charge in [-0.15, -0.1) is 0 Å². The van der Waals surface area contributed by atoms with Crippen molar-refractivity contribution in [3.05, 3.63) is 24.3 Å². The fourth-order valence-corrected chi connectivity index (χ4v) is 3.11. The van der Waals surface area contributed by atoms with Crippen molar-refractivity contribution in [3.63, 3.8) is 0 Å². The van der Waals surface area contributed by atoms with Crippen molar-refractivity contribution in [2.45, 2.75) is 18.1 Å². The SMILES string of the molecule is CCC(C(N)=O)(c1cncnc1)S(C)(=O)=O. The lowest BCUT2D eigenvalue weighted by Crippen LogP contribution is -2.47. The van der Waals surface area contributed by atoms with E-state index < -0.39 is 20.5 Å². The van der Waals surface area contributed by atoms with Crippen LogP contribution in [0.5, 0.6) is 0 Å². The molecule has 0 radical (unpaired) electrons. The average Bonchev–Trinajstić information content (AvgIpc) is 2.18. The first-order valence-electron chi connectivity index (χ1n) is 4.61. The van der Waals surface area contributed by atoms with E-state index in [1.165, 1.54) is 18.7 Å². The lowest BCUT2D eigenvalue weighted by atomic mass is 9.97. The Morgan fingerprint density at radius 1 is 1.44 bits per heavy atom. The summed E-state index contributed by atoms with van der Waals surface area (Å²) in [5, 5.41) is 0. The molecule has 1 rings (SSSR count). The van der Waals surface area contributed by atoms with Gasteiger partial charge in [-0.3, -0.25) is 4.79 Å². The maximum atomic E-state index is 11.8. The number of carbonyl (C=O) groups is 1. The van der Waals surface area contributed by atoms with Crippen LogP contribution in [-0.4, -0.2) is 30.5 Å². The lowest BCUT2D eigenvalue weighted by Gasteiger charge is -2.26. The quantitative estimate of drug-likeness (QED) is 0.775. The molecule has 6 nitrogen and oxygen atoms in total. The van der Waals surface area contributed by atoms with Crippen molar-refractivity contribution in [1.29, 1.82) is 0 Å². The Balaban J connectivity index is 3.55.